The molecule has 0 heterocycles. The van der Waals surface area contributed by atoms with Gasteiger partial charge in [-0.15, -0.1) is 0 Å². The van der Waals surface area contributed by atoms with Crippen molar-refractivity contribution in [3.63, 3.8) is 0 Å². The fourth-order valence-corrected chi connectivity index (χ4v) is 0. The topological polar surface area (TPSA) is 69.2 Å². The summed E-state index contributed by atoms with van der Waals surface area (Å²) in [5, 5.41) is 25.2. The smallest absolute Gasteiger partial charge is 0.907 e. The van der Waals surface area contributed by atoms with Gasteiger partial charge in [-0.2, -0.15) is 0 Å². The minimum absolute atomic E-state index is 0. The molecule has 0 aromatic rings. The molecule has 0 amide bonds. The summed E-state index contributed by atoms with van der Waals surface area (Å²) in [6.45, 7) is 0. The number of rotatable bonds is 0. The van der Waals surface area contributed by atoms with Gasteiger partial charge in [0.25, 0.3) is 0 Å². The van der Waals surface area contributed by atoms with E-state index in [2.05, 4.69) is 0 Å². The fourth-order valence-electron chi connectivity index (χ4n) is 0. The fraction of sp³-hybridized carbons (Fsp3) is 0. The van der Waals surface area contributed by atoms with Gasteiger partial charge in [-0.3, -0.25) is 7.32 Å². The molecule has 0 spiro atoms. The van der Waals surface area contributed by atoms with Crippen molar-refractivity contribution in [3.05, 3.63) is 0 Å². The molecule has 0 aliphatic carbocycles. The Morgan fingerprint density at radius 2 is 1.00 bits per heavy atom. The van der Waals surface area contributed by atoms with Gasteiger partial charge in [-0.25, -0.2) is 0 Å². The van der Waals surface area contributed by atoms with E-state index in [1.165, 1.54) is 0 Å². The van der Waals surface area contributed by atoms with Gasteiger partial charge < -0.3 is 15.1 Å². The second kappa shape index (κ2) is 4.66. The average Bonchev–Trinajstić information content (AvgIpc) is 0.811. The Labute approximate surface area is 44.7 Å². The van der Waals surface area contributed by atoms with E-state index in [0.29, 0.717) is 0 Å². The van der Waals surface area contributed by atoms with Crippen molar-refractivity contribution in [2.24, 2.45) is 0 Å². The molecular formula is BO3Ti. The standard InChI is InChI=1S/BO3.Ti/c2-1(3)4;/q-3;+3. The van der Waals surface area contributed by atoms with Crippen LogP contribution in [0.3, 0.4) is 0 Å². The SMILES string of the molecule is [O-]B([O-])[O-].[Ti+3]. The van der Waals surface area contributed by atoms with Gasteiger partial charge in [0.2, 0.25) is 0 Å². The monoisotopic (exact) mass is 107 g/mol. The van der Waals surface area contributed by atoms with E-state index in [4.69, 9.17) is 15.1 Å². The molecular weight excluding hydrogens is 107 g/mol. The second-order valence-corrected chi connectivity index (χ2v) is 0.289. The Morgan fingerprint density at radius 1 is 1.00 bits per heavy atom. The van der Waals surface area contributed by atoms with Crippen LogP contribution in [-0.2, 0) is 21.7 Å². The summed E-state index contributed by atoms with van der Waals surface area (Å²) in [5.41, 5.74) is 0. The molecule has 5 heteroatoms. The Kier molecular flexibility index (Phi) is 8.55. The maximum Gasteiger partial charge on any atom is 3.00 e. The van der Waals surface area contributed by atoms with Crippen LogP contribution in [0.1, 0.15) is 0 Å². The summed E-state index contributed by atoms with van der Waals surface area (Å²) in [4.78, 5) is 0. The molecule has 0 atom stereocenters. The summed E-state index contributed by atoms with van der Waals surface area (Å²) in [6.07, 6.45) is 0. The Hall–Kier alpha value is 0.659. The maximum absolute atomic E-state index is 8.42. The van der Waals surface area contributed by atoms with Crippen molar-refractivity contribution in [2.75, 3.05) is 0 Å². The van der Waals surface area contributed by atoms with Gasteiger partial charge in [0.1, 0.15) is 0 Å². The first-order chi connectivity index (χ1) is 1.73. The summed E-state index contributed by atoms with van der Waals surface area (Å²) in [7, 11) is -2.92. The Bertz CT molecular complexity index is 11.6. The van der Waals surface area contributed by atoms with E-state index in [0.717, 1.165) is 0 Å². The molecule has 0 fully saturated rings. The molecule has 0 unspecified atom stereocenters. The Balaban J connectivity index is 0. The molecule has 3 nitrogen and oxygen atoms in total. The van der Waals surface area contributed by atoms with Crippen LogP contribution in [0, 0.1) is 0 Å². The van der Waals surface area contributed by atoms with Gasteiger partial charge >= 0.3 is 21.7 Å². The zero-order chi connectivity index (χ0) is 3.58. The largest absolute Gasteiger partial charge is 3.00 e. The molecule has 0 aromatic carbocycles. The third kappa shape index (κ3) is 75.8. The van der Waals surface area contributed by atoms with E-state index in [9.17, 15) is 0 Å². The van der Waals surface area contributed by atoms with Crippen LogP contribution in [0.5, 0.6) is 0 Å². The van der Waals surface area contributed by atoms with E-state index in [1.54, 1.807) is 0 Å². The van der Waals surface area contributed by atoms with Crippen LogP contribution in [0.15, 0.2) is 0 Å². The summed E-state index contributed by atoms with van der Waals surface area (Å²) in [5.74, 6) is 0. The number of hydrogen-bond acceptors (Lipinski definition) is 3. The summed E-state index contributed by atoms with van der Waals surface area (Å²) >= 11 is 0. The van der Waals surface area contributed by atoms with Gasteiger partial charge in [-0.05, 0) is 0 Å². The molecule has 0 rings (SSSR count). The van der Waals surface area contributed by atoms with Gasteiger partial charge in [0.05, 0.1) is 0 Å². The minimum atomic E-state index is -2.92. The van der Waals surface area contributed by atoms with Gasteiger partial charge in [0.15, 0.2) is 0 Å². The van der Waals surface area contributed by atoms with E-state index >= 15 is 0 Å². The molecule has 5 heavy (non-hydrogen) atoms. The van der Waals surface area contributed by atoms with E-state index < -0.39 is 7.32 Å². The molecule has 0 aromatic heterocycles. The van der Waals surface area contributed by atoms with E-state index in [-0.39, 0.29) is 21.7 Å². The zero-order valence-electron chi connectivity index (χ0n) is 2.30. The average molecular weight is 107 g/mol. The van der Waals surface area contributed by atoms with Crippen LogP contribution in [0.4, 0.5) is 0 Å². The minimum Gasteiger partial charge on any atom is -0.907 e. The molecule has 0 aliphatic rings. The van der Waals surface area contributed by atoms with Gasteiger partial charge in [-0.1, -0.05) is 0 Å². The first-order valence-corrected chi connectivity index (χ1v) is 0.707. The molecule has 0 saturated carbocycles. The van der Waals surface area contributed by atoms with Crippen LogP contribution >= 0.6 is 0 Å². The van der Waals surface area contributed by atoms with Crippen LogP contribution in [-0.4, -0.2) is 7.32 Å². The van der Waals surface area contributed by atoms with Crippen LogP contribution < -0.4 is 15.1 Å². The summed E-state index contributed by atoms with van der Waals surface area (Å²) in [6, 6.07) is 0. The molecule has 0 bridgehead atoms. The maximum atomic E-state index is 8.42. The first-order valence-electron chi connectivity index (χ1n) is 0.707. The molecule has 0 N–H and O–H groups in total. The predicted molar refractivity (Wildman–Crippen MR) is 5.75 cm³/mol. The molecule has 1 radical (unpaired) electrons. The van der Waals surface area contributed by atoms with Crippen molar-refractivity contribution in [3.8, 4) is 0 Å². The Morgan fingerprint density at radius 3 is 1.00 bits per heavy atom. The van der Waals surface area contributed by atoms with Crippen molar-refractivity contribution < 1.29 is 36.8 Å². The van der Waals surface area contributed by atoms with E-state index in [1.807, 2.05) is 0 Å². The van der Waals surface area contributed by atoms with Gasteiger partial charge in [0, 0.05) is 0 Å². The third-order valence-corrected chi connectivity index (χ3v) is 0. The quantitative estimate of drug-likeness (QED) is 0.296. The predicted octanol–water partition coefficient (Wildman–Crippen LogP) is -3.95. The van der Waals surface area contributed by atoms with Crippen molar-refractivity contribution in [1.29, 1.82) is 0 Å². The van der Waals surface area contributed by atoms with Crippen molar-refractivity contribution in [2.45, 2.75) is 0 Å². The van der Waals surface area contributed by atoms with Crippen LogP contribution in [0.25, 0.3) is 0 Å². The first kappa shape index (κ1) is 9.17. The number of hydrogen-bond donors (Lipinski definition) is 0. The molecule has 0 saturated heterocycles. The normalized spacial score (nSPS) is 5.40. The molecule has 25 valence electrons. The van der Waals surface area contributed by atoms with Crippen LogP contribution in [0.2, 0.25) is 0 Å². The van der Waals surface area contributed by atoms with Crippen molar-refractivity contribution >= 4 is 7.32 Å². The molecule has 0 aliphatic heterocycles. The second-order valence-electron chi connectivity index (χ2n) is 0.289. The van der Waals surface area contributed by atoms with Crippen molar-refractivity contribution in [1.82, 2.24) is 0 Å². The zero-order valence-corrected chi connectivity index (χ0v) is 3.86. The third-order valence-electron chi connectivity index (χ3n) is 0. The summed E-state index contributed by atoms with van der Waals surface area (Å²) < 4.78 is 0.